The summed E-state index contributed by atoms with van der Waals surface area (Å²) in [5, 5.41) is 3.76. The number of carbonyl (C=O) groups is 1. The van der Waals surface area contributed by atoms with Crippen LogP contribution in [-0.2, 0) is 14.8 Å². The Kier molecular flexibility index (Phi) is 6.78. The average molecular weight is 429 g/mol. The second-order valence-electron chi connectivity index (χ2n) is 6.36. The minimum Gasteiger partial charge on any atom is -0.324 e. The Bertz CT molecular complexity index is 961. The van der Waals surface area contributed by atoms with E-state index in [9.17, 15) is 13.2 Å². The molecule has 0 bridgehead atoms. The van der Waals surface area contributed by atoms with Crippen molar-refractivity contribution < 1.29 is 13.2 Å². The zero-order valence-electron chi connectivity index (χ0n) is 15.6. The molecule has 2 aromatic carbocycles. The zero-order valence-corrected chi connectivity index (χ0v) is 17.9. The Morgan fingerprint density at radius 2 is 1.67 bits per heavy atom. The molecule has 146 valence electrons. The molecular weight excluding hydrogens is 407 g/mol. The molecule has 0 saturated heterocycles. The Labute approximate surface area is 170 Å². The minimum atomic E-state index is -3.73. The van der Waals surface area contributed by atoms with Crippen LogP contribution in [0.1, 0.15) is 24.5 Å². The third-order valence-electron chi connectivity index (χ3n) is 4.18. The standard InChI is InChI=1S/C19H22Cl2N2O3S/c1-5-17(19(24)22-16-9-8-14(20)10-13(16)3)23(27(4,25)26)18-11-15(21)7-6-12(18)2/h6-11,17H,5H2,1-4H3,(H,22,24). The monoisotopic (exact) mass is 428 g/mol. The van der Waals surface area contributed by atoms with Crippen LogP contribution in [0, 0.1) is 13.8 Å². The molecule has 2 rings (SSSR count). The van der Waals surface area contributed by atoms with Crippen LogP contribution in [0.3, 0.4) is 0 Å². The van der Waals surface area contributed by atoms with Gasteiger partial charge in [0.2, 0.25) is 15.9 Å². The van der Waals surface area contributed by atoms with Gasteiger partial charge in [0.15, 0.2) is 0 Å². The van der Waals surface area contributed by atoms with Crippen molar-refractivity contribution >= 4 is 50.5 Å². The maximum atomic E-state index is 13.0. The largest absolute Gasteiger partial charge is 0.324 e. The summed E-state index contributed by atoms with van der Waals surface area (Å²) in [4.78, 5) is 13.0. The third-order valence-corrected chi connectivity index (χ3v) is 5.82. The van der Waals surface area contributed by atoms with Crippen LogP contribution in [-0.4, -0.2) is 26.6 Å². The van der Waals surface area contributed by atoms with Crippen molar-refractivity contribution in [2.24, 2.45) is 0 Å². The molecule has 1 amide bonds. The fourth-order valence-corrected chi connectivity index (χ4v) is 4.49. The van der Waals surface area contributed by atoms with Gasteiger partial charge in [-0.1, -0.05) is 36.2 Å². The molecule has 0 radical (unpaired) electrons. The predicted octanol–water partition coefficient (Wildman–Crippen LogP) is 4.79. The summed E-state index contributed by atoms with van der Waals surface area (Å²) in [6.45, 7) is 5.35. The number of rotatable bonds is 6. The number of amides is 1. The Balaban J connectivity index is 2.46. The molecular formula is C19H22Cl2N2O3S. The number of halogens is 2. The molecule has 0 spiro atoms. The second-order valence-corrected chi connectivity index (χ2v) is 9.09. The van der Waals surface area contributed by atoms with Gasteiger partial charge in [-0.15, -0.1) is 0 Å². The number of hydrogen-bond donors (Lipinski definition) is 1. The van der Waals surface area contributed by atoms with E-state index in [0.717, 1.165) is 16.1 Å². The van der Waals surface area contributed by atoms with Gasteiger partial charge in [0.05, 0.1) is 11.9 Å². The van der Waals surface area contributed by atoms with E-state index in [-0.39, 0.29) is 6.42 Å². The highest BCUT2D eigenvalue weighted by molar-refractivity contribution is 7.92. The first kappa shape index (κ1) is 21.5. The van der Waals surface area contributed by atoms with Gasteiger partial charge in [-0.2, -0.15) is 0 Å². The van der Waals surface area contributed by atoms with Crippen LogP contribution < -0.4 is 9.62 Å². The molecule has 1 atom stereocenters. The Hall–Kier alpha value is -1.76. The highest BCUT2D eigenvalue weighted by atomic mass is 35.5. The average Bonchev–Trinajstić information content (AvgIpc) is 2.56. The first-order valence-electron chi connectivity index (χ1n) is 8.37. The summed E-state index contributed by atoms with van der Waals surface area (Å²) < 4.78 is 26.2. The highest BCUT2D eigenvalue weighted by Gasteiger charge is 2.32. The summed E-state index contributed by atoms with van der Waals surface area (Å²) in [5.74, 6) is -0.423. The number of sulfonamides is 1. The summed E-state index contributed by atoms with van der Waals surface area (Å²) in [5.41, 5.74) is 2.47. The van der Waals surface area contributed by atoms with Crippen LogP contribution in [0.5, 0.6) is 0 Å². The SMILES string of the molecule is CCC(C(=O)Nc1ccc(Cl)cc1C)N(c1cc(Cl)ccc1C)S(C)(=O)=O. The molecule has 0 saturated carbocycles. The Morgan fingerprint density at radius 1 is 1.07 bits per heavy atom. The van der Waals surface area contributed by atoms with E-state index in [4.69, 9.17) is 23.2 Å². The molecule has 0 aliphatic carbocycles. The highest BCUT2D eigenvalue weighted by Crippen LogP contribution is 2.30. The molecule has 5 nitrogen and oxygen atoms in total. The van der Waals surface area contributed by atoms with Gasteiger partial charge in [0.1, 0.15) is 6.04 Å². The van der Waals surface area contributed by atoms with Crippen LogP contribution in [0.4, 0.5) is 11.4 Å². The predicted molar refractivity (Wildman–Crippen MR) is 112 cm³/mol. The van der Waals surface area contributed by atoms with Crippen LogP contribution in [0.25, 0.3) is 0 Å². The number of hydrogen-bond acceptors (Lipinski definition) is 3. The van der Waals surface area contributed by atoms with Crippen molar-refractivity contribution in [3.05, 3.63) is 57.6 Å². The van der Waals surface area contributed by atoms with Crippen molar-refractivity contribution in [2.75, 3.05) is 15.9 Å². The number of benzene rings is 2. The number of nitrogens with zero attached hydrogens (tertiary/aromatic N) is 1. The topological polar surface area (TPSA) is 66.5 Å². The van der Waals surface area contributed by atoms with E-state index in [1.807, 2.05) is 6.92 Å². The summed E-state index contributed by atoms with van der Waals surface area (Å²) in [7, 11) is -3.73. The molecule has 0 aromatic heterocycles. The van der Waals surface area contributed by atoms with E-state index in [1.165, 1.54) is 0 Å². The lowest BCUT2D eigenvalue weighted by Gasteiger charge is -2.31. The van der Waals surface area contributed by atoms with Crippen molar-refractivity contribution in [3.8, 4) is 0 Å². The van der Waals surface area contributed by atoms with Gasteiger partial charge < -0.3 is 5.32 Å². The van der Waals surface area contributed by atoms with E-state index < -0.39 is 22.0 Å². The van der Waals surface area contributed by atoms with Crippen molar-refractivity contribution in [1.29, 1.82) is 0 Å². The molecule has 2 aromatic rings. The molecule has 0 aliphatic heterocycles. The molecule has 1 unspecified atom stereocenters. The van der Waals surface area contributed by atoms with Crippen molar-refractivity contribution in [3.63, 3.8) is 0 Å². The zero-order chi connectivity index (χ0) is 20.4. The number of carbonyl (C=O) groups excluding carboxylic acids is 1. The quantitative estimate of drug-likeness (QED) is 0.718. The maximum absolute atomic E-state index is 13.0. The van der Waals surface area contributed by atoms with E-state index in [1.54, 1.807) is 50.2 Å². The van der Waals surface area contributed by atoms with Crippen LogP contribution >= 0.6 is 23.2 Å². The van der Waals surface area contributed by atoms with Crippen LogP contribution in [0.15, 0.2) is 36.4 Å². The molecule has 0 aliphatic rings. The van der Waals surface area contributed by atoms with E-state index in [0.29, 0.717) is 27.0 Å². The summed E-state index contributed by atoms with van der Waals surface area (Å²) in [6, 6.07) is 9.13. The molecule has 27 heavy (non-hydrogen) atoms. The first-order valence-corrected chi connectivity index (χ1v) is 11.0. The lowest BCUT2D eigenvalue weighted by Crippen LogP contribution is -2.47. The lowest BCUT2D eigenvalue weighted by molar-refractivity contribution is -0.117. The molecule has 8 heteroatoms. The summed E-state index contributed by atoms with van der Waals surface area (Å²) in [6.07, 6.45) is 1.37. The number of anilines is 2. The van der Waals surface area contributed by atoms with E-state index >= 15 is 0 Å². The van der Waals surface area contributed by atoms with Gasteiger partial charge in [-0.05, 0) is 61.7 Å². The molecule has 0 heterocycles. The maximum Gasteiger partial charge on any atom is 0.248 e. The van der Waals surface area contributed by atoms with Gasteiger partial charge >= 0.3 is 0 Å². The minimum absolute atomic E-state index is 0.289. The lowest BCUT2D eigenvalue weighted by atomic mass is 10.1. The van der Waals surface area contributed by atoms with Gasteiger partial charge in [-0.25, -0.2) is 8.42 Å². The fourth-order valence-electron chi connectivity index (χ4n) is 2.84. The van der Waals surface area contributed by atoms with Gasteiger partial charge in [-0.3, -0.25) is 9.10 Å². The number of nitrogens with one attached hydrogen (secondary N) is 1. The third kappa shape index (κ3) is 5.15. The normalized spacial score (nSPS) is 12.5. The van der Waals surface area contributed by atoms with Gasteiger partial charge in [0, 0.05) is 15.7 Å². The van der Waals surface area contributed by atoms with Gasteiger partial charge in [0.25, 0.3) is 0 Å². The number of aryl methyl sites for hydroxylation is 2. The van der Waals surface area contributed by atoms with Crippen molar-refractivity contribution in [2.45, 2.75) is 33.2 Å². The molecule has 0 fully saturated rings. The van der Waals surface area contributed by atoms with E-state index in [2.05, 4.69) is 5.32 Å². The smallest absolute Gasteiger partial charge is 0.248 e. The fraction of sp³-hybridized carbons (Fsp3) is 0.316. The Morgan fingerprint density at radius 3 is 2.22 bits per heavy atom. The molecule has 1 N–H and O–H groups in total. The summed E-state index contributed by atoms with van der Waals surface area (Å²) >= 11 is 12.0. The second kappa shape index (κ2) is 8.50. The first-order chi connectivity index (χ1) is 12.5. The van der Waals surface area contributed by atoms with Crippen LogP contribution in [0.2, 0.25) is 10.0 Å². The van der Waals surface area contributed by atoms with Crippen molar-refractivity contribution in [1.82, 2.24) is 0 Å².